The molecular weight excluding hydrogens is 522 g/mol. The van der Waals surface area contributed by atoms with E-state index in [2.05, 4.69) is 44.0 Å². The second-order valence-corrected chi connectivity index (χ2v) is 9.80. The zero-order valence-corrected chi connectivity index (χ0v) is 22.4. The summed E-state index contributed by atoms with van der Waals surface area (Å²) in [7, 11) is 0. The topological polar surface area (TPSA) is 68.2 Å². The van der Waals surface area contributed by atoms with Gasteiger partial charge in [-0.25, -0.2) is 4.98 Å². The monoisotopic (exact) mass is 549 g/mol. The minimum absolute atomic E-state index is 0.360. The molecule has 0 aromatic heterocycles. The van der Waals surface area contributed by atoms with Gasteiger partial charge in [0, 0.05) is 16.9 Å². The van der Waals surface area contributed by atoms with Crippen molar-refractivity contribution >= 4 is 44.3 Å². The molecule has 0 radical (unpaired) electrons. The van der Waals surface area contributed by atoms with E-state index in [-0.39, 0.29) is 0 Å². The van der Waals surface area contributed by atoms with Crippen LogP contribution in [0, 0.1) is 0 Å². The minimum Gasteiger partial charge on any atom is -0.403 e. The van der Waals surface area contributed by atoms with Gasteiger partial charge in [0.1, 0.15) is 0 Å². The highest BCUT2D eigenvalue weighted by Crippen LogP contribution is 2.31. The van der Waals surface area contributed by atoms with Crippen molar-refractivity contribution < 1.29 is 0 Å². The Labute approximate surface area is 219 Å². The number of benzene rings is 3. The van der Waals surface area contributed by atoms with Crippen LogP contribution in [0.1, 0.15) is 33.6 Å². The number of allylic oxidation sites excluding steroid dienone is 2. The smallest absolute Gasteiger partial charge is 0.0900 e. The average Bonchev–Trinajstić information content (AvgIpc) is 3.68. The molecule has 2 aromatic carbocycles. The normalized spacial score (nSPS) is 14.7. The molecule has 3 N–H and O–H groups in total. The standard InChI is InChI=1S/C26H23BrClN5.C2H6/c1-16(27)12-19(15-29)31-22-13-24-26(14-23(22)30-18-8-9-18)33(20-10-6-17(28)7-11-20)25-5-3-2-4-21(25)32-24;1-2/h2-7,10-15,18,31H,8-9,29H2,1H3;1-2H3/b16-12+,19-15+,30-23?;. The summed E-state index contributed by atoms with van der Waals surface area (Å²) in [6, 6.07) is 20.5. The molecule has 5 rings (SSSR count). The zero-order chi connectivity index (χ0) is 24.9. The molecule has 5 nitrogen and oxygen atoms in total. The van der Waals surface area contributed by atoms with Gasteiger partial charge in [-0.05, 0) is 78.9 Å². The highest BCUT2D eigenvalue weighted by Gasteiger charge is 2.22. The third-order valence-corrected chi connectivity index (χ3v) is 5.94. The first-order chi connectivity index (χ1) is 17.0. The van der Waals surface area contributed by atoms with Gasteiger partial charge in [0.2, 0.25) is 0 Å². The number of halogens is 2. The SMILES string of the molecule is C/C(Br)=C\C(=C/N)Nc1cc2nc3ccccc3n(-c3ccc(Cl)cc3)c-2cc1=NC1CC1.CC. The lowest BCUT2D eigenvalue weighted by atomic mass is 10.1. The van der Waals surface area contributed by atoms with Crippen LogP contribution in [0.4, 0.5) is 5.69 Å². The summed E-state index contributed by atoms with van der Waals surface area (Å²) in [6.07, 6.45) is 5.72. The van der Waals surface area contributed by atoms with Gasteiger partial charge < -0.3 is 15.6 Å². The Morgan fingerprint density at radius 2 is 1.86 bits per heavy atom. The lowest BCUT2D eigenvalue weighted by molar-refractivity contribution is 0.996. The third kappa shape index (κ3) is 5.77. The second-order valence-electron chi connectivity index (χ2n) is 8.11. The number of nitrogens with two attached hydrogens (primary N) is 1. The van der Waals surface area contributed by atoms with Crippen LogP contribution in [0.15, 0.2) is 88.1 Å². The molecule has 0 unspecified atom stereocenters. The van der Waals surface area contributed by atoms with Crippen LogP contribution in [-0.4, -0.2) is 15.6 Å². The van der Waals surface area contributed by atoms with Crippen LogP contribution < -0.4 is 16.4 Å². The van der Waals surface area contributed by atoms with Crippen molar-refractivity contribution in [3.8, 4) is 17.1 Å². The van der Waals surface area contributed by atoms with E-state index in [1.165, 1.54) is 0 Å². The Balaban J connectivity index is 0.00000141. The van der Waals surface area contributed by atoms with Crippen molar-refractivity contribution in [3.63, 3.8) is 0 Å². The van der Waals surface area contributed by atoms with Gasteiger partial charge in [-0.2, -0.15) is 0 Å². The molecule has 0 atom stereocenters. The molecule has 0 bridgehead atoms. The summed E-state index contributed by atoms with van der Waals surface area (Å²) in [6.45, 7) is 5.96. The van der Waals surface area contributed by atoms with E-state index in [0.29, 0.717) is 11.1 Å². The van der Waals surface area contributed by atoms with E-state index in [1.54, 1.807) is 6.20 Å². The lowest BCUT2D eigenvalue weighted by Crippen LogP contribution is -2.17. The number of hydrogen-bond donors (Lipinski definition) is 2. The molecule has 180 valence electrons. The molecule has 1 fully saturated rings. The Kier molecular flexibility index (Phi) is 7.93. The van der Waals surface area contributed by atoms with Crippen LogP contribution >= 0.6 is 27.5 Å². The average molecular weight is 551 g/mol. The zero-order valence-electron chi connectivity index (χ0n) is 20.1. The van der Waals surface area contributed by atoms with Gasteiger partial charge in [0.15, 0.2) is 0 Å². The van der Waals surface area contributed by atoms with Gasteiger partial charge in [0.25, 0.3) is 0 Å². The second kappa shape index (κ2) is 11.1. The summed E-state index contributed by atoms with van der Waals surface area (Å²) in [4.78, 5) is 9.96. The molecule has 3 aliphatic rings. The molecule has 0 saturated heterocycles. The Bertz CT molecular complexity index is 1430. The molecule has 7 heteroatoms. The number of aromatic nitrogens is 2. The fraction of sp³-hybridized carbons (Fsp3) is 0.214. The van der Waals surface area contributed by atoms with Gasteiger partial charge in [0.05, 0.1) is 45.2 Å². The molecule has 2 aliphatic carbocycles. The van der Waals surface area contributed by atoms with Gasteiger partial charge in [-0.1, -0.05) is 53.5 Å². The minimum atomic E-state index is 0.360. The predicted octanol–water partition coefficient (Wildman–Crippen LogP) is 7.38. The first-order valence-corrected chi connectivity index (χ1v) is 13.0. The molecule has 1 aliphatic heterocycles. The summed E-state index contributed by atoms with van der Waals surface area (Å²) < 4.78 is 3.18. The maximum Gasteiger partial charge on any atom is 0.0900 e. The van der Waals surface area contributed by atoms with Crippen molar-refractivity contribution in [2.45, 2.75) is 39.7 Å². The third-order valence-electron chi connectivity index (χ3n) is 5.46. The van der Waals surface area contributed by atoms with Gasteiger partial charge in [-0.3, -0.25) is 4.99 Å². The van der Waals surface area contributed by atoms with Crippen molar-refractivity contribution in [1.82, 2.24) is 9.55 Å². The maximum atomic E-state index is 6.18. The number of fused-ring (bicyclic) bond motifs is 2. The Morgan fingerprint density at radius 1 is 1.14 bits per heavy atom. The van der Waals surface area contributed by atoms with E-state index in [9.17, 15) is 0 Å². The summed E-state index contributed by atoms with van der Waals surface area (Å²) in [5.74, 6) is 0. The molecular formula is C28H29BrClN5. The predicted molar refractivity (Wildman–Crippen MR) is 151 cm³/mol. The lowest BCUT2D eigenvalue weighted by Gasteiger charge is -2.20. The fourth-order valence-corrected chi connectivity index (χ4v) is 4.19. The first-order valence-electron chi connectivity index (χ1n) is 11.8. The molecule has 2 aromatic rings. The van der Waals surface area contributed by atoms with Crippen LogP contribution in [-0.2, 0) is 0 Å². The van der Waals surface area contributed by atoms with E-state index >= 15 is 0 Å². The number of nitrogens with one attached hydrogen (secondary N) is 1. The van der Waals surface area contributed by atoms with Crippen LogP contribution in [0.25, 0.3) is 28.1 Å². The van der Waals surface area contributed by atoms with Crippen molar-refractivity contribution in [2.24, 2.45) is 10.7 Å². The summed E-state index contributed by atoms with van der Waals surface area (Å²) in [5, 5.41) is 5.03. The van der Waals surface area contributed by atoms with Crippen LogP contribution in [0.5, 0.6) is 0 Å². The molecule has 0 spiro atoms. The number of nitrogens with zero attached hydrogens (tertiary/aromatic N) is 3. The maximum absolute atomic E-state index is 6.18. The van der Waals surface area contributed by atoms with E-state index in [1.807, 2.05) is 69.3 Å². The van der Waals surface area contributed by atoms with E-state index in [4.69, 9.17) is 27.3 Å². The first kappa shape index (κ1) is 25.0. The Morgan fingerprint density at radius 3 is 2.51 bits per heavy atom. The molecule has 1 heterocycles. The van der Waals surface area contributed by atoms with Crippen LogP contribution in [0.2, 0.25) is 5.02 Å². The number of para-hydroxylation sites is 2. The van der Waals surface area contributed by atoms with Crippen molar-refractivity contribution in [3.05, 3.63) is 93.5 Å². The van der Waals surface area contributed by atoms with Gasteiger partial charge >= 0.3 is 0 Å². The van der Waals surface area contributed by atoms with E-state index in [0.717, 1.165) is 62.2 Å². The van der Waals surface area contributed by atoms with Crippen molar-refractivity contribution in [2.75, 3.05) is 5.32 Å². The molecule has 0 amide bonds. The largest absolute Gasteiger partial charge is 0.403 e. The molecule has 35 heavy (non-hydrogen) atoms. The van der Waals surface area contributed by atoms with Gasteiger partial charge in [-0.15, -0.1) is 0 Å². The van der Waals surface area contributed by atoms with Crippen LogP contribution in [0.3, 0.4) is 0 Å². The summed E-state index contributed by atoms with van der Waals surface area (Å²) in [5.41, 5.74) is 12.3. The number of rotatable bonds is 5. The Hall–Kier alpha value is -3.09. The van der Waals surface area contributed by atoms with Crippen molar-refractivity contribution in [1.29, 1.82) is 0 Å². The highest BCUT2D eigenvalue weighted by atomic mass is 79.9. The number of anilines is 1. The fourth-order valence-electron chi connectivity index (χ4n) is 3.81. The highest BCUT2D eigenvalue weighted by molar-refractivity contribution is 9.11. The van der Waals surface area contributed by atoms with E-state index < -0.39 is 0 Å². The molecule has 1 saturated carbocycles. The number of hydrogen-bond acceptors (Lipinski definition) is 4. The summed E-state index contributed by atoms with van der Waals surface area (Å²) >= 11 is 9.66. The quantitative estimate of drug-likeness (QED) is 0.201.